The molecule has 6 atom stereocenters. The Hall–Kier alpha value is -0.140. The molecule has 1 fully saturated rings. The summed E-state index contributed by atoms with van der Waals surface area (Å²) in [6.07, 6.45) is 11.7. The van der Waals surface area contributed by atoms with Crippen molar-refractivity contribution in [2.24, 2.45) is 23.7 Å². The lowest BCUT2D eigenvalue weighted by molar-refractivity contribution is 0.0248. The zero-order chi connectivity index (χ0) is 17.9. The maximum absolute atomic E-state index is 14.2. The standard InChI is InChI=1S/C22H42F2/c1-5-9-17(3)11-7-12-19(10-6-2)13-8-14-20-16-15-18(4)21(23)22(20)24/h17-22H,5-16H2,1-4H3. The summed E-state index contributed by atoms with van der Waals surface area (Å²) < 4.78 is 28.0. The molecule has 0 heterocycles. The summed E-state index contributed by atoms with van der Waals surface area (Å²) in [5, 5.41) is 0. The Morgan fingerprint density at radius 3 is 2.17 bits per heavy atom. The molecule has 2 heteroatoms. The SMILES string of the molecule is CCCC(C)CCCC(CCC)CCCC1CCC(C)C(F)C1F. The molecule has 6 unspecified atom stereocenters. The maximum atomic E-state index is 14.2. The zero-order valence-electron chi connectivity index (χ0n) is 16.7. The summed E-state index contributed by atoms with van der Waals surface area (Å²) in [7, 11) is 0. The molecule has 1 rings (SSSR count). The molecule has 1 aliphatic carbocycles. The van der Waals surface area contributed by atoms with Crippen LogP contribution in [0.2, 0.25) is 0 Å². The van der Waals surface area contributed by atoms with Gasteiger partial charge in [0, 0.05) is 0 Å². The van der Waals surface area contributed by atoms with E-state index in [2.05, 4.69) is 20.8 Å². The summed E-state index contributed by atoms with van der Waals surface area (Å²) in [4.78, 5) is 0. The fourth-order valence-corrected chi connectivity index (χ4v) is 4.57. The van der Waals surface area contributed by atoms with Crippen LogP contribution in [0.3, 0.4) is 0 Å². The number of hydrogen-bond donors (Lipinski definition) is 0. The van der Waals surface area contributed by atoms with Crippen LogP contribution in [-0.4, -0.2) is 12.3 Å². The normalized spacial score (nSPS) is 30.2. The lowest BCUT2D eigenvalue weighted by Crippen LogP contribution is -2.36. The zero-order valence-corrected chi connectivity index (χ0v) is 16.7. The second kappa shape index (κ2) is 12.3. The van der Waals surface area contributed by atoms with E-state index in [1.54, 1.807) is 0 Å². The Bertz CT molecular complexity index is 304. The van der Waals surface area contributed by atoms with E-state index in [0.29, 0.717) is 0 Å². The van der Waals surface area contributed by atoms with Crippen LogP contribution in [0.1, 0.15) is 105 Å². The van der Waals surface area contributed by atoms with Gasteiger partial charge in [0.2, 0.25) is 0 Å². The van der Waals surface area contributed by atoms with E-state index in [1.165, 1.54) is 51.4 Å². The first kappa shape index (κ1) is 21.9. The van der Waals surface area contributed by atoms with E-state index >= 15 is 0 Å². The van der Waals surface area contributed by atoms with Gasteiger partial charge in [0.15, 0.2) is 0 Å². The lowest BCUT2D eigenvalue weighted by Gasteiger charge is -2.33. The van der Waals surface area contributed by atoms with Gasteiger partial charge in [-0.1, -0.05) is 85.5 Å². The molecule has 1 aliphatic rings. The molecule has 0 aromatic rings. The first-order valence-electron chi connectivity index (χ1n) is 10.8. The van der Waals surface area contributed by atoms with Crippen LogP contribution in [0.25, 0.3) is 0 Å². The van der Waals surface area contributed by atoms with E-state index in [4.69, 9.17) is 0 Å². The van der Waals surface area contributed by atoms with Crippen molar-refractivity contribution in [2.45, 2.75) is 117 Å². The van der Waals surface area contributed by atoms with Crippen LogP contribution in [-0.2, 0) is 0 Å². The average molecular weight is 345 g/mol. The van der Waals surface area contributed by atoms with Crippen molar-refractivity contribution in [3.05, 3.63) is 0 Å². The predicted octanol–water partition coefficient (Wildman–Crippen LogP) is 7.90. The Morgan fingerprint density at radius 1 is 0.833 bits per heavy atom. The lowest BCUT2D eigenvalue weighted by atomic mass is 9.77. The second-order valence-corrected chi connectivity index (χ2v) is 8.61. The number of hydrogen-bond acceptors (Lipinski definition) is 0. The molecule has 0 saturated heterocycles. The molecular formula is C22H42F2. The first-order valence-corrected chi connectivity index (χ1v) is 10.8. The minimum Gasteiger partial charge on any atom is -0.244 e. The van der Waals surface area contributed by atoms with Gasteiger partial charge in [-0.3, -0.25) is 0 Å². The molecule has 1 saturated carbocycles. The highest BCUT2D eigenvalue weighted by atomic mass is 19.2. The van der Waals surface area contributed by atoms with Gasteiger partial charge in [0.1, 0.15) is 12.3 Å². The van der Waals surface area contributed by atoms with Gasteiger partial charge in [-0.15, -0.1) is 0 Å². The third-order valence-electron chi connectivity index (χ3n) is 6.27. The fourth-order valence-electron chi connectivity index (χ4n) is 4.57. The van der Waals surface area contributed by atoms with Crippen molar-refractivity contribution in [1.82, 2.24) is 0 Å². The second-order valence-electron chi connectivity index (χ2n) is 8.61. The predicted molar refractivity (Wildman–Crippen MR) is 102 cm³/mol. The Labute approximate surface area is 150 Å². The van der Waals surface area contributed by atoms with Crippen LogP contribution in [0.5, 0.6) is 0 Å². The molecule has 0 aromatic heterocycles. The van der Waals surface area contributed by atoms with E-state index in [-0.39, 0.29) is 11.8 Å². The van der Waals surface area contributed by atoms with Gasteiger partial charge in [0.05, 0.1) is 0 Å². The Balaban J connectivity index is 2.25. The third kappa shape index (κ3) is 7.83. The topological polar surface area (TPSA) is 0 Å². The first-order chi connectivity index (χ1) is 11.5. The molecule has 0 aliphatic heterocycles. The van der Waals surface area contributed by atoms with Crippen molar-refractivity contribution in [3.63, 3.8) is 0 Å². The summed E-state index contributed by atoms with van der Waals surface area (Å²) in [5.74, 6) is 1.54. The van der Waals surface area contributed by atoms with Gasteiger partial charge in [-0.05, 0) is 42.9 Å². The molecule has 0 N–H and O–H groups in total. The number of rotatable bonds is 12. The third-order valence-corrected chi connectivity index (χ3v) is 6.27. The van der Waals surface area contributed by atoms with Crippen LogP contribution < -0.4 is 0 Å². The largest absolute Gasteiger partial charge is 0.244 e. The minimum atomic E-state index is -1.23. The Morgan fingerprint density at radius 2 is 1.50 bits per heavy atom. The summed E-state index contributed by atoms with van der Waals surface area (Å²) in [6, 6.07) is 0. The molecule has 0 nitrogen and oxygen atoms in total. The van der Waals surface area contributed by atoms with Crippen LogP contribution in [0.15, 0.2) is 0 Å². The summed E-state index contributed by atoms with van der Waals surface area (Å²) in [6.45, 7) is 8.75. The quantitative estimate of drug-likeness (QED) is 0.337. The molecule has 144 valence electrons. The highest BCUT2D eigenvalue weighted by Gasteiger charge is 2.37. The number of halogens is 2. The van der Waals surface area contributed by atoms with Crippen molar-refractivity contribution in [3.8, 4) is 0 Å². The Kier molecular flexibility index (Phi) is 11.2. The number of alkyl halides is 2. The summed E-state index contributed by atoms with van der Waals surface area (Å²) in [5.41, 5.74) is 0. The van der Waals surface area contributed by atoms with Crippen LogP contribution in [0.4, 0.5) is 8.78 Å². The average Bonchev–Trinajstić information content (AvgIpc) is 2.55. The molecular weight excluding hydrogens is 302 g/mol. The van der Waals surface area contributed by atoms with E-state index in [9.17, 15) is 8.78 Å². The molecule has 0 bridgehead atoms. The molecule has 24 heavy (non-hydrogen) atoms. The van der Waals surface area contributed by atoms with Crippen molar-refractivity contribution in [1.29, 1.82) is 0 Å². The van der Waals surface area contributed by atoms with Crippen molar-refractivity contribution >= 4 is 0 Å². The van der Waals surface area contributed by atoms with Gasteiger partial charge in [-0.25, -0.2) is 8.78 Å². The highest BCUT2D eigenvalue weighted by Crippen LogP contribution is 2.36. The smallest absolute Gasteiger partial charge is 0.134 e. The molecule has 0 aromatic carbocycles. The van der Waals surface area contributed by atoms with Crippen molar-refractivity contribution in [2.75, 3.05) is 0 Å². The molecule has 0 spiro atoms. The summed E-state index contributed by atoms with van der Waals surface area (Å²) >= 11 is 0. The van der Waals surface area contributed by atoms with Gasteiger partial charge in [0.25, 0.3) is 0 Å². The monoisotopic (exact) mass is 344 g/mol. The van der Waals surface area contributed by atoms with Gasteiger partial charge < -0.3 is 0 Å². The highest BCUT2D eigenvalue weighted by molar-refractivity contribution is 4.86. The van der Waals surface area contributed by atoms with Crippen molar-refractivity contribution < 1.29 is 8.78 Å². The van der Waals surface area contributed by atoms with Crippen LogP contribution >= 0.6 is 0 Å². The molecule has 0 amide bonds. The van der Waals surface area contributed by atoms with Gasteiger partial charge >= 0.3 is 0 Å². The van der Waals surface area contributed by atoms with E-state index in [1.807, 2.05) is 6.92 Å². The molecule has 0 radical (unpaired) electrons. The van der Waals surface area contributed by atoms with Gasteiger partial charge in [-0.2, -0.15) is 0 Å². The van der Waals surface area contributed by atoms with E-state index < -0.39 is 12.3 Å². The van der Waals surface area contributed by atoms with E-state index in [0.717, 1.165) is 37.5 Å². The minimum absolute atomic E-state index is 0.0250. The maximum Gasteiger partial charge on any atom is 0.134 e. The fraction of sp³-hybridized carbons (Fsp3) is 1.00. The van der Waals surface area contributed by atoms with Crippen LogP contribution in [0, 0.1) is 23.7 Å².